The molecule has 8 nitrogen and oxygen atoms in total. The third-order valence-electron chi connectivity index (χ3n) is 7.24. The Balaban J connectivity index is 4.51. The molecule has 0 aromatic heterocycles. The van der Waals surface area contributed by atoms with Crippen molar-refractivity contribution in [3.05, 3.63) is 48.6 Å². The summed E-state index contributed by atoms with van der Waals surface area (Å²) in [7, 11) is 1.22. The minimum atomic E-state index is -4.58. The first-order chi connectivity index (χ1) is 21.5. The molecule has 1 amide bonds. The summed E-state index contributed by atoms with van der Waals surface area (Å²) in [4.78, 5) is 25.0. The molecule has 0 radical (unpaired) electrons. The van der Waals surface area contributed by atoms with Gasteiger partial charge in [-0.1, -0.05) is 107 Å². The van der Waals surface area contributed by atoms with E-state index in [0.717, 1.165) is 70.6 Å². The molecule has 0 heterocycles. The summed E-state index contributed by atoms with van der Waals surface area (Å²) in [6.07, 6.45) is 33.2. The molecule has 2 N–H and O–H groups in total. The fraction of sp³-hybridized carbons (Fsp3) is 0.750. The zero-order chi connectivity index (χ0) is 33.7. The van der Waals surface area contributed by atoms with Gasteiger partial charge < -0.3 is 28.8 Å². The van der Waals surface area contributed by atoms with Crippen molar-refractivity contribution < 1.29 is 32.9 Å². The number of amides is 1. The molecule has 0 aliphatic carbocycles. The standard InChI is InChI=1S/C36H67N2O6P/c1-6-8-10-12-14-15-16-17-18-19-20-21-22-24-26-28-30-36(40)37-34(35(39)29-27-25-23-13-11-9-7-2)33-44-45(41,42)43-32-31-38(3,4)5/h11,13,15-16,18-19,27,29,34-35,39H,6-10,12,14,17,20-26,28,30-33H2,1-5H3,(H-,37,40,41,42)/b13-11+,16-15-,19-18-,29-27+. The van der Waals surface area contributed by atoms with Crippen molar-refractivity contribution in [3.63, 3.8) is 0 Å². The largest absolute Gasteiger partial charge is 0.756 e. The van der Waals surface area contributed by atoms with Crippen LogP contribution in [0.25, 0.3) is 0 Å². The SMILES string of the molecule is CCC/C=C/CC/C=C/C(O)C(COP(=O)([O-])OCC[N+](C)(C)C)NC(=O)CCCCCCC/C=C\C/C=C\CCCCCC. The minimum Gasteiger partial charge on any atom is -0.756 e. The number of unbranched alkanes of at least 4 members (excludes halogenated alkanes) is 11. The van der Waals surface area contributed by atoms with Crippen molar-refractivity contribution in [3.8, 4) is 0 Å². The molecule has 0 bridgehead atoms. The molecular weight excluding hydrogens is 587 g/mol. The number of hydrogen-bond acceptors (Lipinski definition) is 6. The quantitative estimate of drug-likeness (QED) is 0.0353. The van der Waals surface area contributed by atoms with Crippen molar-refractivity contribution in [2.75, 3.05) is 40.9 Å². The van der Waals surface area contributed by atoms with Crippen LogP contribution < -0.4 is 10.2 Å². The molecule has 0 spiro atoms. The van der Waals surface area contributed by atoms with Gasteiger partial charge in [-0.05, 0) is 57.8 Å². The van der Waals surface area contributed by atoms with E-state index < -0.39 is 26.6 Å². The smallest absolute Gasteiger partial charge is 0.268 e. The average molecular weight is 655 g/mol. The van der Waals surface area contributed by atoms with Crippen LogP contribution in [0.1, 0.15) is 123 Å². The normalized spacial score (nSPS) is 15.4. The molecule has 0 aromatic rings. The van der Waals surface area contributed by atoms with E-state index in [1.54, 1.807) is 6.08 Å². The van der Waals surface area contributed by atoms with E-state index in [9.17, 15) is 19.4 Å². The number of quaternary nitrogens is 1. The van der Waals surface area contributed by atoms with E-state index in [0.29, 0.717) is 17.4 Å². The third kappa shape index (κ3) is 30.9. The highest BCUT2D eigenvalue weighted by Crippen LogP contribution is 2.38. The Hall–Kier alpha value is -1.54. The zero-order valence-electron chi connectivity index (χ0n) is 29.3. The van der Waals surface area contributed by atoms with Crippen LogP contribution in [0.4, 0.5) is 0 Å². The van der Waals surface area contributed by atoms with E-state index in [1.807, 2.05) is 27.2 Å². The summed E-state index contributed by atoms with van der Waals surface area (Å²) in [5.41, 5.74) is 0. The van der Waals surface area contributed by atoms with Crippen LogP contribution >= 0.6 is 7.82 Å². The maximum Gasteiger partial charge on any atom is 0.268 e. The molecule has 9 heteroatoms. The zero-order valence-corrected chi connectivity index (χ0v) is 30.2. The van der Waals surface area contributed by atoms with Crippen molar-refractivity contribution in [2.24, 2.45) is 0 Å². The molecular formula is C36H67N2O6P. The molecule has 0 fully saturated rings. The number of rotatable bonds is 30. The highest BCUT2D eigenvalue weighted by molar-refractivity contribution is 7.45. The Labute approximate surface area is 276 Å². The highest BCUT2D eigenvalue weighted by Gasteiger charge is 2.23. The van der Waals surface area contributed by atoms with Gasteiger partial charge in [0, 0.05) is 6.42 Å². The number of aliphatic hydroxyl groups is 1. The van der Waals surface area contributed by atoms with Crippen LogP contribution in [0, 0.1) is 0 Å². The Bertz CT molecular complexity index is 881. The molecule has 45 heavy (non-hydrogen) atoms. The van der Waals surface area contributed by atoms with Crippen LogP contribution in [0.15, 0.2) is 48.6 Å². The van der Waals surface area contributed by atoms with E-state index in [2.05, 4.69) is 55.6 Å². The lowest BCUT2D eigenvalue weighted by Crippen LogP contribution is -2.45. The summed E-state index contributed by atoms with van der Waals surface area (Å²) in [5.74, 6) is -0.230. The van der Waals surface area contributed by atoms with Crippen molar-refractivity contribution in [2.45, 2.75) is 135 Å². The van der Waals surface area contributed by atoms with Crippen LogP contribution in [0.3, 0.4) is 0 Å². The molecule has 0 aromatic carbocycles. The lowest BCUT2D eigenvalue weighted by molar-refractivity contribution is -0.870. The van der Waals surface area contributed by atoms with Crippen molar-refractivity contribution in [1.29, 1.82) is 0 Å². The number of aliphatic hydroxyl groups excluding tert-OH is 1. The first-order valence-electron chi connectivity index (χ1n) is 17.5. The predicted octanol–water partition coefficient (Wildman–Crippen LogP) is 7.94. The van der Waals surface area contributed by atoms with Crippen LogP contribution in [-0.2, 0) is 18.4 Å². The number of likely N-dealkylation sites (N-methyl/N-ethyl adjacent to an activating group) is 1. The molecule has 262 valence electrons. The topological polar surface area (TPSA) is 108 Å². The number of nitrogens with one attached hydrogen (secondary N) is 1. The number of phosphoric acid groups is 1. The summed E-state index contributed by atoms with van der Waals surface area (Å²) in [5, 5.41) is 13.5. The average Bonchev–Trinajstić information content (AvgIpc) is 2.97. The number of carbonyl (C=O) groups excluding carboxylic acids is 1. The number of carbonyl (C=O) groups is 1. The molecule has 3 unspecified atom stereocenters. The Morgan fingerprint density at radius 1 is 0.778 bits per heavy atom. The van der Waals surface area contributed by atoms with Gasteiger partial charge in [-0.2, -0.15) is 0 Å². The highest BCUT2D eigenvalue weighted by atomic mass is 31.2. The molecule has 3 atom stereocenters. The van der Waals surface area contributed by atoms with Crippen LogP contribution in [0.5, 0.6) is 0 Å². The molecule has 0 aliphatic rings. The Morgan fingerprint density at radius 2 is 1.36 bits per heavy atom. The number of allylic oxidation sites excluding steroid dienone is 7. The van der Waals surface area contributed by atoms with Gasteiger partial charge in [-0.25, -0.2) is 0 Å². The van der Waals surface area contributed by atoms with Crippen molar-refractivity contribution in [1.82, 2.24) is 5.32 Å². The number of hydrogen-bond donors (Lipinski definition) is 2. The summed E-state index contributed by atoms with van der Waals surface area (Å²) in [6, 6.07) is -0.906. The Kier molecular flexibility index (Phi) is 27.7. The maximum absolute atomic E-state index is 12.7. The first kappa shape index (κ1) is 43.5. The van der Waals surface area contributed by atoms with E-state index in [1.165, 1.54) is 32.1 Å². The molecule has 0 rings (SSSR count). The molecule has 0 saturated heterocycles. The Morgan fingerprint density at radius 3 is 2.00 bits per heavy atom. The minimum absolute atomic E-state index is 0.0117. The van der Waals surface area contributed by atoms with Crippen LogP contribution in [0.2, 0.25) is 0 Å². The van der Waals surface area contributed by atoms with Gasteiger partial charge in [0.05, 0.1) is 39.9 Å². The van der Waals surface area contributed by atoms with E-state index >= 15 is 0 Å². The first-order valence-corrected chi connectivity index (χ1v) is 19.0. The van der Waals surface area contributed by atoms with Gasteiger partial charge in [-0.15, -0.1) is 0 Å². The van der Waals surface area contributed by atoms with Gasteiger partial charge in [0.15, 0.2) is 0 Å². The van der Waals surface area contributed by atoms with E-state index in [4.69, 9.17) is 9.05 Å². The van der Waals surface area contributed by atoms with Gasteiger partial charge in [-0.3, -0.25) is 9.36 Å². The van der Waals surface area contributed by atoms with Crippen molar-refractivity contribution >= 4 is 13.7 Å². The third-order valence-corrected chi connectivity index (χ3v) is 8.21. The number of phosphoric ester groups is 1. The summed E-state index contributed by atoms with van der Waals surface area (Å²) >= 11 is 0. The fourth-order valence-electron chi connectivity index (χ4n) is 4.38. The second-order valence-corrected chi connectivity index (χ2v) is 14.3. The van der Waals surface area contributed by atoms with Gasteiger partial charge in [0.1, 0.15) is 13.2 Å². The van der Waals surface area contributed by atoms with Gasteiger partial charge in [0.25, 0.3) is 7.82 Å². The van der Waals surface area contributed by atoms with Gasteiger partial charge in [0.2, 0.25) is 5.91 Å². The maximum atomic E-state index is 12.7. The summed E-state index contributed by atoms with van der Waals surface area (Å²) in [6.45, 7) is 4.44. The molecule has 0 saturated carbocycles. The monoisotopic (exact) mass is 654 g/mol. The number of nitrogens with zero attached hydrogens (tertiary/aromatic N) is 1. The lowest BCUT2D eigenvalue weighted by Gasteiger charge is -2.29. The van der Waals surface area contributed by atoms with Gasteiger partial charge >= 0.3 is 0 Å². The fourth-order valence-corrected chi connectivity index (χ4v) is 5.10. The van der Waals surface area contributed by atoms with Crippen LogP contribution in [-0.4, -0.2) is 68.5 Å². The molecule has 0 aliphatic heterocycles. The van der Waals surface area contributed by atoms with E-state index in [-0.39, 0.29) is 12.5 Å². The second-order valence-electron chi connectivity index (χ2n) is 12.9. The predicted molar refractivity (Wildman–Crippen MR) is 187 cm³/mol. The summed E-state index contributed by atoms with van der Waals surface area (Å²) < 4.78 is 22.9. The lowest BCUT2D eigenvalue weighted by atomic mass is 10.1. The second kappa shape index (κ2) is 28.7.